The van der Waals surface area contributed by atoms with Crippen LogP contribution in [0.2, 0.25) is 5.02 Å². The van der Waals surface area contributed by atoms with Crippen molar-refractivity contribution in [2.45, 2.75) is 96.0 Å². The summed E-state index contributed by atoms with van der Waals surface area (Å²) in [5, 5.41) is 14.4. The third-order valence-electron chi connectivity index (χ3n) is 8.80. The van der Waals surface area contributed by atoms with Gasteiger partial charge in [0.25, 0.3) is 0 Å². The first kappa shape index (κ1) is 34.7. The Morgan fingerprint density at radius 1 is 1.27 bits per heavy atom. The van der Waals surface area contributed by atoms with Crippen LogP contribution < -0.4 is 15.0 Å². The second-order valence-electron chi connectivity index (χ2n) is 12.9. The highest BCUT2D eigenvalue weighted by atomic mass is 35.5. The number of ether oxygens (including phenoxy) is 5. The fourth-order valence-corrected chi connectivity index (χ4v) is 6.46. The van der Waals surface area contributed by atoms with Crippen molar-refractivity contribution in [2.75, 3.05) is 26.2 Å². The molecule has 0 aliphatic carbocycles. The van der Waals surface area contributed by atoms with Crippen molar-refractivity contribution < 1.29 is 43.2 Å². The number of allylic oxidation sites excluding steroid dienone is 3. The smallest absolute Gasteiger partial charge is 0.409 e. The Balaban J connectivity index is 1.79. The summed E-state index contributed by atoms with van der Waals surface area (Å²) in [6.45, 7) is 9.36. The Morgan fingerprint density at radius 3 is 2.62 bits per heavy atom. The zero-order valence-corrected chi connectivity index (χ0v) is 28.0. The van der Waals surface area contributed by atoms with E-state index in [0.29, 0.717) is 17.9 Å². The van der Waals surface area contributed by atoms with Gasteiger partial charge in [0.2, 0.25) is 5.91 Å². The van der Waals surface area contributed by atoms with Crippen LogP contribution in [0.25, 0.3) is 0 Å². The van der Waals surface area contributed by atoms with Crippen LogP contribution in [0.15, 0.2) is 35.9 Å². The van der Waals surface area contributed by atoms with Gasteiger partial charge in [-0.15, -0.1) is 0 Å². The van der Waals surface area contributed by atoms with Crippen LogP contribution in [0.3, 0.4) is 0 Å². The summed E-state index contributed by atoms with van der Waals surface area (Å²) in [5.41, 5.74) is -0.578. The maximum Gasteiger partial charge on any atom is 0.409 e. The number of aliphatic hydroxyl groups is 1. The molecule has 1 aromatic rings. The number of amides is 2. The van der Waals surface area contributed by atoms with E-state index >= 15 is 0 Å². The molecule has 2 N–H and O–H groups in total. The minimum absolute atomic E-state index is 0.00495. The van der Waals surface area contributed by atoms with Crippen molar-refractivity contribution in [1.29, 1.82) is 0 Å². The van der Waals surface area contributed by atoms with Crippen molar-refractivity contribution in [3.63, 3.8) is 0 Å². The average molecular weight is 649 g/mol. The first-order chi connectivity index (χ1) is 21.1. The Bertz CT molecular complexity index is 1360. The van der Waals surface area contributed by atoms with Gasteiger partial charge < -0.3 is 33.7 Å². The normalized spacial score (nSPS) is 34.2. The Labute approximate surface area is 269 Å². The second-order valence-corrected chi connectivity index (χ2v) is 13.3. The van der Waals surface area contributed by atoms with Gasteiger partial charge in [-0.25, -0.2) is 4.79 Å². The third kappa shape index (κ3) is 7.65. The molecule has 4 rings (SSSR count). The topological polar surface area (TPSA) is 136 Å². The van der Waals surface area contributed by atoms with E-state index in [1.165, 1.54) is 19.1 Å². The lowest BCUT2D eigenvalue weighted by Gasteiger charge is -2.42. The number of nitrogens with zero attached hydrogens (tertiary/aromatic N) is 1. The van der Waals surface area contributed by atoms with Crippen LogP contribution in [0.4, 0.5) is 10.5 Å². The number of carbonyl (C=O) groups excluding carboxylic acids is 3. The molecule has 2 amide bonds. The monoisotopic (exact) mass is 648 g/mol. The predicted molar refractivity (Wildman–Crippen MR) is 168 cm³/mol. The Hall–Kier alpha value is -3.12. The maximum absolute atomic E-state index is 13.8. The van der Waals surface area contributed by atoms with Crippen LogP contribution in [-0.2, 0) is 35.0 Å². The number of carbonyl (C=O) groups is 3. The van der Waals surface area contributed by atoms with Gasteiger partial charge in [-0.05, 0) is 43.9 Å². The highest BCUT2D eigenvalue weighted by molar-refractivity contribution is 6.35. The summed E-state index contributed by atoms with van der Waals surface area (Å²) in [6.07, 6.45) is 1.84. The molecule has 1 aromatic carbocycles. The molecule has 7 atom stereocenters. The number of halogens is 1. The van der Waals surface area contributed by atoms with E-state index in [4.69, 9.17) is 35.3 Å². The van der Waals surface area contributed by atoms with Crippen LogP contribution in [0.1, 0.15) is 59.4 Å². The van der Waals surface area contributed by atoms with Crippen LogP contribution >= 0.6 is 11.6 Å². The Kier molecular flexibility index (Phi) is 10.6. The largest absolute Gasteiger partial charge is 0.495 e. The van der Waals surface area contributed by atoms with Gasteiger partial charge in [0, 0.05) is 32.9 Å². The molecule has 3 aliphatic rings. The summed E-state index contributed by atoms with van der Waals surface area (Å²) in [6, 6.07) is 3.64. The lowest BCUT2D eigenvalue weighted by molar-refractivity contribution is -0.154. The number of alkyl carbamates (subject to hydrolysis) is 1. The number of methoxy groups -OCH3 is 2. The van der Waals surface area contributed by atoms with Crippen molar-refractivity contribution in [2.24, 2.45) is 11.8 Å². The summed E-state index contributed by atoms with van der Waals surface area (Å²) in [4.78, 5) is 40.9. The van der Waals surface area contributed by atoms with E-state index < -0.39 is 53.7 Å². The number of anilines is 1. The minimum Gasteiger partial charge on any atom is -0.495 e. The standard InChI is InChI=1S/C33H45ClN2O9/c1-18(2)12-28(38)44-26-16-27(37)36(6)22-14-21(15-23(41-7)29(22)34)13-19(3)10-9-11-25(42-8)33(40)17-24(43-31(39)35-33)20(4)30-32(26,5)45-30/h9-11,14-15,18,20,24-26,30,40H,12-13,16-17H2,1-8H3,(H,35,39)/b11-9+,19-10+/t20-,24+,25-,26+,30+,32?,33+/m1/s1. The highest BCUT2D eigenvalue weighted by Crippen LogP contribution is 2.49. The van der Waals surface area contributed by atoms with Crippen LogP contribution in [-0.4, -0.2) is 80.1 Å². The van der Waals surface area contributed by atoms with Crippen LogP contribution in [0.5, 0.6) is 5.75 Å². The first-order valence-corrected chi connectivity index (χ1v) is 15.6. The average Bonchev–Trinajstić information content (AvgIpc) is 3.65. The molecular formula is C33H45ClN2O9. The molecule has 2 saturated heterocycles. The maximum atomic E-state index is 13.8. The van der Waals surface area contributed by atoms with Gasteiger partial charge in [-0.2, -0.15) is 0 Å². The molecule has 248 valence electrons. The van der Waals surface area contributed by atoms with E-state index in [1.807, 2.05) is 45.9 Å². The molecule has 1 unspecified atom stereocenters. The number of esters is 1. The number of hydrogen-bond acceptors (Lipinski definition) is 9. The van der Waals surface area contributed by atoms with Gasteiger partial charge >= 0.3 is 12.1 Å². The van der Waals surface area contributed by atoms with Gasteiger partial charge in [0.15, 0.2) is 5.72 Å². The second kappa shape index (κ2) is 13.7. The van der Waals surface area contributed by atoms with E-state index in [2.05, 4.69) is 5.32 Å². The fraction of sp³-hybridized carbons (Fsp3) is 0.606. The van der Waals surface area contributed by atoms with Crippen molar-refractivity contribution in [3.8, 4) is 5.75 Å². The van der Waals surface area contributed by atoms with Crippen molar-refractivity contribution in [3.05, 3.63) is 46.5 Å². The summed E-state index contributed by atoms with van der Waals surface area (Å²) >= 11 is 6.70. The minimum atomic E-state index is -1.77. The number of nitrogens with one attached hydrogen (secondary N) is 1. The predicted octanol–water partition coefficient (Wildman–Crippen LogP) is 4.71. The zero-order valence-electron chi connectivity index (χ0n) is 27.2. The van der Waals surface area contributed by atoms with Gasteiger partial charge in [-0.1, -0.05) is 56.2 Å². The molecular weight excluding hydrogens is 604 g/mol. The van der Waals surface area contributed by atoms with Gasteiger partial charge in [0.1, 0.15) is 34.7 Å². The molecule has 0 radical (unpaired) electrons. The molecule has 12 heteroatoms. The van der Waals surface area contributed by atoms with Crippen LogP contribution in [0, 0.1) is 11.8 Å². The summed E-state index contributed by atoms with van der Waals surface area (Å²) < 4.78 is 28.9. The van der Waals surface area contributed by atoms with Crippen molar-refractivity contribution in [1.82, 2.24) is 5.32 Å². The molecule has 0 saturated carbocycles. The highest BCUT2D eigenvalue weighted by Gasteiger charge is 2.64. The first-order valence-electron chi connectivity index (χ1n) is 15.2. The summed E-state index contributed by atoms with van der Waals surface area (Å²) in [7, 11) is 4.57. The summed E-state index contributed by atoms with van der Waals surface area (Å²) in [5.74, 6) is -0.779. The molecule has 3 heterocycles. The number of fused-ring (bicyclic) bond motifs is 5. The fourth-order valence-electron chi connectivity index (χ4n) is 6.15. The molecule has 11 nitrogen and oxygen atoms in total. The lowest BCUT2D eigenvalue weighted by Crippen LogP contribution is -2.63. The van der Waals surface area contributed by atoms with Gasteiger partial charge in [-0.3, -0.25) is 14.9 Å². The molecule has 0 spiro atoms. The lowest BCUT2D eigenvalue weighted by atomic mass is 9.83. The number of benzene rings is 1. The SMILES string of the molecule is COc1cc2cc(c1Cl)N(C)C(=O)C[C@H](OC(=O)CC(C)C)C1(C)O[C@H]1[C@H](C)[C@@H]1C[C@@](O)(NC(=O)O1)[C@H](OC)/C=C/C=C(\C)C2. The molecule has 2 fully saturated rings. The molecule has 4 bridgehead atoms. The number of hydrogen-bond donors (Lipinski definition) is 2. The van der Waals surface area contributed by atoms with E-state index in [-0.39, 0.29) is 36.1 Å². The number of rotatable bonds is 5. The number of epoxide rings is 1. The van der Waals surface area contributed by atoms with Crippen molar-refractivity contribution >= 4 is 35.3 Å². The molecule has 0 aromatic heterocycles. The quantitative estimate of drug-likeness (QED) is 0.344. The molecule has 45 heavy (non-hydrogen) atoms. The van der Waals surface area contributed by atoms with E-state index in [0.717, 1.165) is 11.1 Å². The molecule has 3 aliphatic heterocycles. The van der Waals surface area contributed by atoms with E-state index in [1.54, 1.807) is 26.1 Å². The third-order valence-corrected chi connectivity index (χ3v) is 9.18. The Morgan fingerprint density at radius 2 is 1.98 bits per heavy atom. The van der Waals surface area contributed by atoms with E-state index in [9.17, 15) is 19.5 Å². The zero-order chi connectivity index (χ0) is 33.3. The van der Waals surface area contributed by atoms with Gasteiger partial charge in [0.05, 0.1) is 25.3 Å².